The van der Waals surface area contributed by atoms with E-state index in [4.69, 9.17) is 10.5 Å². The van der Waals surface area contributed by atoms with E-state index in [1.165, 1.54) is 0 Å². The molecule has 0 radical (unpaired) electrons. The zero-order valence-electron chi connectivity index (χ0n) is 11.1. The average Bonchev–Trinajstić information content (AvgIpc) is 2.79. The first-order valence-electron chi connectivity index (χ1n) is 6.78. The first-order valence-corrected chi connectivity index (χ1v) is 6.78. The molecule has 3 rings (SSSR count). The normalized spacial score (nSPS) is 21.4. The van der Waals surface area contributed by atoms with Gasteiger partial charge in [-0.2, -0.15) is 0 Å². The van der Waals surface area contributed by atoms with E-state index >= 15 is 0 Å². The van der Waals surface area contributed by atoms with Crippen molar-refractivity contribution < 1.29 is 14.3 Å². The summed E-state index contributed by atoms with van der Waals surface area (Å²) in [6.07, 6.45) is 1.39. The number of aryl methyl sites for hydroxylation is 1. The summed E-state index contributed by atoms with van der Waals surface area (Å²) in [4.78, 5) is 24.9. The minimum Gasteiger partial charge on any atom is -0.444 e. The summed E-state index contributed by atoms with van der Waals surface area (Å²) in [5, 5.41) is 2.84. The highest BCUT2D eigenvalue weighted by Crippen LogP contribution is 2.30. The molecule has 20 heavy (non-hydrogen) atoms. The van der Waals surface area contributed by atoms with Crippen LogP contribution in [0.1, 0.15) is 18.4 Å². The second-order valence-corrected chi connectivity index (χ2v) is 5.08. The highest BCUT2D eigenvalue weighted by Gasteiger charge is 2.32. The highest BCUT2D eigenvalue weighted by atomic mass is 16.6. The maximum Gasteiger partial charge on any atom is 0.414 e. The predicted molar refractivity (Wildman–Crippen MR) is 74.7 cm³/mol. The van der Waals surface area contributed by atoms with E-state index < -0.39 is 0 Å². The van der Waals surface area contributed by atoms with Crippen molar-refractivity contribution in [3.8, 4) is 0 Å². The topological polar surface area (TPSA) is 84.7 Å². The summed E-state index contributed by atoms with van der Waals surface area (Å²) in [5.41, 5.74) is 8.12. The third kappa shape index (κ3) is 2.34. The smallest absolute Gasteiger partial charge is 0.414 e. The summed E-state index contributed by atoms with van der Waals surface area (Å²) in [5.74, 6) is 0.0136. The van der Waals surface area contributed by atoms with Gasteiger partial charge in [0.05, 0.1) is 6.54 Å². The van der Waals surface area contributed by atoms with Crippen LogP contribution in [0.2, 0.25) is 0 Å². The molecule has 2 amide bonds. The lowest BCUT2D eigenvalue weighted by Gasteiger charge is -2.20. The second-order valence-electron chi connectivity index (χ2n) is 5.08. The number of ether oxygens (including phenoxy) is 1. The number of amides is 2. The number of fused-ring (bicyclic) bond motifs is 1. The average molecular weight is 275 g/mol. The highest BCUT2D eigenvalue weighted by molar-refractivity contribution is 5.96. The molecular weight excluding hydrogens is 258 g/mol. The van der Waals surface area contributed by atoms with Crippen molar-refractivity contribution in [1.29, 1.82) is 0 Å². The molecule has 0 aliphatic carbocycles. The van der Waals surface area contributed by atoms with E-state index in [0.29, 0.717) is 25.9 Å². The summed E-state index contributed by atoms with van der Waals surface area (Å²) in [7, 11) is 0. The molecule has 1 saturated heterocycles. The van der Waals surface area contributed by atoms with Crippen LogP contribution in [0.5, 0.6) is 0 Å². The number of rotatable bonds is 3. The van der Waals surface area contributed by atoms with Crippen LogP contribution >= 0.6 is 0 Å². The lowest BCUT2D eigenvalue weighted by atomic mass is 10.0. The maximum absolute atomic E-state index is 11.9. The summed E-state index contributed by atoms with van der Waals surface area (Å²) in [6, 6.07) is 5.68. The zero-order valence-corrected chi connectivity index (χ0v) is 11.1. The molecule has 0 spiro atoms. The van der Waals surface area contributed by atoms with Crippen molar-refractivity contribution in [2.24, 2.45) is 5.73 Å². The minimum absolute atomic E-state index is 0.0136. The van der Waals surface area contributed by atoms with Gasteiger partial charge < -0.3 is 15.8 Å². The number of anilines is 2. The SMILES string of the molecule is NCCC1CN(c2ccc3c(c2)NC(=O)CC3)C(=O)O1. The molecule has 1 fully saturated rings. The number of hydrogen-bond acceptors (Lipinski definition) is 4. The molecule has 0 bridgehead atoms. The van der Waals surface area contributed by atoms with Crippen molar-refractivity contribution in [3.63, 3.8) is 0 Å². The van der Waals surface area contributed by atoms with Crippen molar-refractivity contribution in [2.75, 3.05) is 23.3 Å². The van der Waals surface area contributed by atoms with Gasteiger partial charge in [0.15, 0.2) is 0 Å². The molecule has 1 aromatic rings. The standard InChI is InChI=1S/C14H17N3O3/c15-6-5-11-8-17(14(19)20-11)10-3-1-9-2-4-13(18)16-12(9)7-10/h1,3,7,11H,2,4-6,8,15H2,(H,16,18). The molecule has 6 heteroatoms. The Morgan fingerprint density at radius 2 is 2.20 bits per heavy atom. The summed E-state index contributed by atoms with van der Waals surface area (Å²) < 4.78 is 5.25. The fraction of sp³-hybridized carbons (Fsp3) is 0.429. The van der Waals surface area contributed by atoms with Gasteiger partial charge in [-0.05, 0) is 37.1 Å². The summed E-state index contributed by atoms with van der Waals surface area (Å²) in [6.45, 7) is 0.995. The van der Waals surface area contributed by atoms with E-state index in [2.05, 4.69) is 5.32 Å². The van der Waals surface area contributed by atoms with E-state index in [1.54, 1.807) is 4.90 Å². The third-order valence-corrected chi connectivity index (χ3v) is 3.66. The van der Waals surface area contributed by atoms with Crippen molar-refractivity contribution in [1.82, 2.24) is 0 Å². The van der Waals surface area contributed by atoms with Crippen LogP contribution in [0.25, 0.3) is 0 Å². The number of nitrogens with zero attached hydrogens (tertiary/aromatic N) is 1. The molecule has 0 saturated carbocycles. The lowest BCUT2D eigenvalue weighted by Crippen LogP contribution is -2.26. The second kappa shape index (κ2) is 5.13. The predicted octanol–water partition coefficient (Wildman–Crippen LogP) is 1.25. The number of nitrogens with two attached hydrogens (primary N) is 1. The van der Waals surface area contributed by atoms with Crippen LogP contribution in [-0.4, -0.2) is 31.2 Å². The Kier molecular flexibility index (Phi) is 3.31. The van der Waals surface area contributed by atoms with E-state index in [0.717, 1.165) is 23.4 Å². The van der Waals surface area contributed by atoms with Crippen LogP contribution in [0, 0.1) is 0 Å². The molecule has 1 unspecified atom stereocenters. The lowest BCUT2D eigenvalue weighted by molar-refractivity contribution is -0.116. The quantitative estimate of drug-likeness (QED) is 0.869. The Labute approximate surface area is 116 Å². The van der Waals surface area contributed by atoms with Gasteiger partial charge in [0, 0.05) is 17.8 Å². The molecule has 2 heterocycles. The minimum atomic E-state index is -0.356. The molecule has 3 N–H and O–H groups in total. The number of nitrogens with one attached hydrogen (secondary N) is 1. The molecule has 6 nitrogen and oxygen atoms in total. The van der Waals surface area contributed by atoms with Crippen molar-refractivity contribution in [2.45, 2.75) is 25.4 Å². The first-order chi connectivity index (χ1) is 9.67. The zero-order chi connectivity index (χ0) is 14.1. The van der Waals surface area contributed by atoms with Gasteiger partial charge in [-0.15, -0.1) is 0 Å². The first kappa shape index (κ1) is 12.9. The number of carbonyl (C=O) groups is 2. The molecular formula is C14H17N3O3. The van der Waals surface area contributed by atoms with E-state index in [-0.39, 0.29) is 18.1 Å². The Hall–Kier alpha value is -2.08. The van der Waals surface area contributed by atoms with E-state index in [1.807, 2.05) is 18.2 Å². The molecule has 2 aliphatic rings. The Bertz CT molecular complexity index is 559. The number of benzene rings is 1. The third-order valence-electron chi connectivity index (χ3n) is 3.66. The Morgan fingerprint density at radius 3 is 3.00 bits per heavy atom. The van der Waals surface area contributed by atoms with E-state index in [9.17, 15) is 9.59 Å². The number of hydrogen-bond donors (Lipinski definition) is 2. The van der Waals surface area contributed by atoms with Gasteiger partial charge in [-0.1, -0.05) is 6.07 Å². The number of carbonyl (C=O) groups excluding carboxylic acids is 2. The van der Waals surface area contributed by atoms with Crippen LogP contribution in [0.3, 0.4) is 0 Å². The van der Waals surface area contributed by atoms with Gasteiger partial charge in [-0.3, -0.25) is 9.69 Å². The van der Waals surface area contributed by atoms with Gasteiger partial charge >= 0.3 is 6.09 Å². The monoisotopic (exact) mass is 275 g/mol. The van der Waals surface area contributed by atoms with Crippen LogP contribution < -0.4 is 16.0 Å². The van der Waals surface area contributed by atoms with Gasteiger partial charge in [0.25, 0.3) is 0 Å². The van der Waals surface area contributed by atoms with Gasteiger partial charge in [0.2, 0.25) is 5.91 Å². The molecule has 106 valence electrons. The summed E-state index contributed by atoms with van der Waals surface area (Å²) >= 11 is 0. The number of cyclic esters (lactones) is 1. The van der Waals surface area contributed by atoms with Crippen LogP contribution in [-0.2, 0) is 16.0 Å². The molecule has 2 aliphatic heterocycles. The Balaban J connectivity index is 1.82. The largest absolute Gasteiger partial charge is 0.444 e. The molecule has 1 atom stereocenters. The maximum atomic E-state index is 11.9. The fourth-order valence-corrected chi connectivity index (χ4v) is 2.60. The van der Waals surface area contributed by atoms with Gasteiger partial charge in [-0.25, -0.2) is 4.79 Å². The van der Waals surface area contributed by atoms with Crippen LogP contribution in [0.4, 0.5) is 16.2 Å². The fourth-order valence-electron chi connectivity index (χ4n) is 2.60. The van der Waals surface area contributed by atoms with Crippen molar-refractivity contribution in [3.05, 3.63) is 23.8 Å². The van der Waals surface area contributed by atoms with Crippen molar-refractivity contribution >= 4 is 23.4 Å². The molecule has 1 aromatic carbocycles. The van der Waals surface area contributed by atoms with Gasteiger partial charge in [0.1, 0.15) is 6.10 Å². The van der Waals surface area contributed by atoms with Crippen LogP contribution in [0.15, 0.2) is 18.2 Å². The molecule has 0 aromatic heterocycles. The Morgan fingerprint density at radius 1 is 1.35 bits per heavy atom.